The number of carbonyl (C=O) groups excluding carboxylic acids is 3. The summed E-state index contributed by atoms with van der Waals surface area (Å²) < 4.78 is 5.30. The second-order valence-corrected chi connectivity index (χ2v) is 12.4. The summed E-state index contributed by atoms with van der Waals surface area (Å²) in [6.07, 6.45) is 7.70. The molecule has 220 valence electrons. The molecule has 0 unspecified atom stereocenters. The first-order valence-corrected chi connectivity index (χ1v) is 16.1. The smallest absolute Gasteiger partial charge is 0.408 e. The van der Waals surface area contributed by atoms with E-state index in [9.17, 15) is 14.4 Å². The standard InChI is InChI=1S/C28H42N6O4S2/c1-18(2)23(32-28(37)38-17-20-11-7-5-8-12-20)25(36)31-22(15-16-39-4)24(35)29-19(3)26-33-34-27(40-26)30-21-13-9-6-10-14-21/h5,7-8,11-12,18-19,21-23H,6,9-10,13-17H2,1-4H3,(H,29,35)(H,30,34)(H,31,36)(H,32,37)/t19-,22-,23-/m0/s1. The monoisotopic (exact) mass is 590 g/mol. The lowest BCUT2D eigenvalue weighted by Gasteiger charge is -2.25. The molecule has 12 heteroatoms. The Morgan fingerprint density at radius 2 is 1.73 bits per heavy atom. The van der Waals surface area contributed by atoms with Gasteiger partial charge in [-0.15, -0.1) is 10.2 Å². The van der Waals surface area contributed by atoms with E-state index in [0.717, 1.165) is 23.5 Å². The van der Waals surface area contributed by atoms with E-state index in [1.807, 2.05) is 57.4 Å². The van der Waals surface area contributed by atoms with Crippen LogP contribution in [0, 0.1) is 5.92 Å². The normalized spacial score (nSPS) is 16.0. The van der Waals surface area contributed by atoms with E-state index >= 15 is 0 Å². The number of anilines is 1. The molecule has 10 nitrogen and oxygen atoms in total. The van der Waals surface area contributed by atoms with E-state index in [4.69, 9.17) is 4.74 Å². The van der Waals surface area contributed by atoms with Crippen LogP contribution in [0.25, 0.3) is 0 Å². The molecule has 4 N–H and O–H groups in total. The van der Waals surface area contributed by atoms with Crippen molar-refractivity contribution < 1.29 is 19.1 Å². The Labute approximate surface area is 245 Å². The average Bonchev–Trinajstić information content (AvgIpc) is 3.42. The molecule has 1 aliphatic carbocycles. The Balaban J connectivity index is 1.56. The highest BCUT2D eigenvalue weighted by Crippen LogP contribution is 2.26. The Kier molecular flexibility index (Phi) is 13.0. The van der Waals surface area contributed by atoms with E-state index in [1.165, 1.54) is 30.6 Å². The van der Waals surface area contributed by atoms with Gasteiger partial charge in [0.25, 0.3) is 0 Å². The number of carbonyl (C=O) groups is 3. The molecule has 2 aromatic rings. The lowest BCUT2D eigenvalue weighted by molar-refractivity contribution is -0.131. The van der Waals surface area contributed by atoms with E-state index in [-0.39, 0.29) is 24.5 Å². The van der Waals surface area contributed by atoms with Crippen LogP contribution in [0.3, 0.4) is 0 Å². The van der Waals surface area contributed by atoms with Gasteiger partial charge >= 0.3 is 6.09 Å². The minimum atomic E-state index is -0.859. The van der Waals surface area contributed by atoms with Crippen LogP contribution in [-0.4, -0.2) is 58.2 Å². The fourth-order valence-corrected chi connectivity index (χ4v) is 5.75. The highest BCUT2D eigenvalue weighted by Gasteiger charge is 2.30. The molecule has 0 spiro atoms. The largest absolute Gasteiger partial charge is 0.445 e. The second-order valence-electron chi connectivity index (χ2n) is 10.4. The molecule has 40 heavy (non-hydrogen) atoms. The number of nitrogens with one attached hydrogen (secondary N) is 4. The van der Waals surface area contributed by atoms with Crippen molar-refractivity contribution in [1.82, 2.24) is 26.1 Å². The van der Waals surface area contributed by atoms with Gasteiger partial charge in [-0.1, -0.05) is 74.8 Å². The molecule has 3 atom stereocenters. The van der Waals surface area contributed by atoms with Gasteiger partial charge in [-0.2, -0.15) is 11.8 Å². The molecule has 3 rings (SSSR count). The van der Waals surface area contributed by atoms with Crippen molar-refractivity contribution in [2.75, 3.05) is 17.3 Å². The van der Waals surface area contributed by atoms with Crippen molar-refractivity contribution in [2.24, 2.45) is 5.92 Å². The molecule has 0 radical (unpaired) electrons. The lowest BCUT2D eigenvalue weighted by atomic mass is 9.96. The minimum absolute atomic E-state index is 0.0965. The van der Waals surface area contributed by atoms with Crippen LogP contribution in [0.4, 0.5) is 9.93 Å². The molecule has 1 aliphatic rings. The molecule has 1 heterocycles. The Morgan fingerprint density at radius 1 is 1.00 bits per heavy atom. The third-order valence-corrected chi connectivity index (χ3v) is 8.46. The van der Waals surface area contributed by atoms with Gasteiger partial charge < -0.3 is 26.0 Å². The van der Waals surface area contributed by atoms with Crippen LogP contribution in [0.2, 0.25) is 0 Å². The maximum Gasteiger partial charge on any atom is 0.408 e. The highest BCUT2D eigenvalue weighted by atomic mass is 32.2. The summed E-state index contributed by atoms with van der Waals surface area (Å²) in [7, 11) is 0. The molecular formula is C28H42N6O4S2. The molecule has 3 amide bonds. The highest BCUT2D eigenvalue weighted by molar-refractivity contribution is 7.98. The summed E-state index contributed by atoms with van der Waals surface area (Å²) in [6, 6.07) is 7.74. The van der Waals surface area contributed by atoms with Crippen molar-refractivity contribution in [2.45, 2.75) is 90.1 Å². The van der Waals surface area contributed by atoms with Crippen LogP contribution in [0.1, 0.15) is 75.9 Å². The first-order chi connectivity index (χ1) is 19.3. The molecule has 1 aromatic heterocycles. The average molecular weight is 591 g/mol. The van der Waals surface area contributed by atoms with Gasteiger partial charge in [0.2, 0.25) is 16.9 Å². The molecule has 1 fully saturated rings. The van der Waals surface area contributed by atoms with E-state index < -0.39 is 24.1 Å². The number of hydrogen-bond donors (Lipinski definition) is 4. The number of amides is 3. The summed E-state index contributed by atoms with van der Waals surface area (Å²) in [6.45, 7) is 5.61. The van der Waals surface area contributed by atoms with Crippen LogP contribution in [-0.2, 0) is 20.9 Å². The van der Waals surface area contributed by atoms with Crippen molar-refractivity contribution in [3.63, 3.8) is 0 Å². The molecule has 0 aliphatic heterocycles. The minimum Gasteiger partial charge on any atom is -0.445 e. The number of hydrogen-bond acceptors (Lipinski definition) is 9. The van der Waals surface area contributed by atoms with Gasteiger partial charge in [0, 0.05) is 6.04 Å². The van der Waals surface area contributed by atoms with Crippen molar-refractivity contribution >= 4 is 46.1 Å². The van der Waals surface area contributed by atoms with Gasteiger partial charge in [-0.25, -0.2) is 4.79 Å². The Hall–Kier alpha value is -2.86. The van der Waals surface area contributed by atoms with Crippen molar-refractivity contribution in [3.05, 3.63) is 40.9 Å². The number of aromatic nitrogens is 2. The number of nitrogens with zero attached hydrogens (tertiary/aromatic N) is 2. The Bertz CT molecular complexity index is 1080. The van der Waals surface area contributed by atoms with Crippen LogP contribution in [0.5, 0.6) is 0 Å². The van der Waals surface area contributed by atoms with Gasteiger partial charge in [-0.05, 0) is 49.7 Å². The number of alkyl carbamates (subject to hydrolysis) is 1. The summed E-state index contributed by atoms with van der Waals surface area (Å²) >= 11 is 3.03. The lowest BCUT2D eigenvalue weighted by Crippen LogP contribution is -2.55. The Morgan fingerprint density at radius 3 is 2.40 bits per heavy atom. The van der Waals surface area contributed by atoms with Gasteiger partial charge in [0.05, 0.1) is 6.04 Å². The maximum atomic E-state index is 13.3. The van der Waals surface area contributed by atoms with E-state index in [2.05, 4.69) is 31.5 Å². The zero-order chi connectivity index (χ0) is 28.9. The first kappa shape index (κ1) is 31.7. The number of rotatable bonds is 14. The number of thioether (sulfide) groups is 1. The van der Waals surface area contributed by atoms with Gasteiger partial charge in [-0.3, -0.25) is 9.59 Å². The summed E-state index contributed by atoms with van der Waals surface area (Å²) in [5, 5.41) is 22.0. The molecule has 0 bridgehead atoms. The van der Waals surface area contributed by atoms with Crippen LogP contribution in [0.15, 0.2) is 30.3 Å². The summed E-state index contributed by atoms with van der Waals surface area (Å²) in [5.41, 5.74) is 0.846. The second kappa shape index (κ2) is 16.4. The SMILES string of the molecule is CSCC[C@H](NC(=O)[C@@H](NC(=O)OCc1ccccc1)C(C)C)C(=O)N[C@@H](C)c1nnc(NC2CCCCC2)s1. The van der Waals surface area contributed by atoms with Crippen LogP contribution < -0.4 is 21.3 Å². The predicted molar refractivity (Wildman–Crippen MR) is 160 cm³/mol. The first-order valence-electron chi connectivity index (χ1n) is 13.9. The zero-order valence-corrected chi connectivity index (χ0v) is 25.4. The topological polar surface area (TPSA) is 134 Å². The third-order valence-electron chi connectivity index (χ3n) is 6.78. The van der Waals surface area contributed by atoms with E-state index in [0.29, 0.717) is 23.2 Å². The quantitative estimate of drug-likeness (QED) is 0.250. The molecule has 1 aromatic carbocycles. The van der Waals surface area contributed by atoms with E-state index in [1.54, 1.807) is 11.8 Å². The number of benzene rings is 1. The van der Waals surface area contributed by atoms with Gasteiger partial charge in [0.15, 0.2) is 0 Å². The third kappa shape index (κ3) is 10.3. The molecule has 1 saturated carbocycles. The fraction of sp³-hybridized carbons (Fsp3) is 0.607. The molecular weight excluding hydrogens is 548 g/mol. The zero-order valence-electron chi connectivity index (χ0n) is 23.8. The number of ether oxygens (including phenoxy) is 1. The fourth-order valence-electron chi connectivity index (χ4n) is 4.46. The van der Waals surface area contributed by atoms with Gasteiger partial charge in [0.1, 0.15) is 23.7 Å². The van der Waals surface area contributed by atoms with Crippen LogP contribution >= 0.6 is 23.1 Å². The summed E-state index contributed by atoms with van der Waals surface area (Å²) in [5.74, 6) is -0.277. The van der Waals surface area contributed by atoms with Crippen molar-refractivity contribution in [3.8, 4) is 0 Å². The predicted octanol–water partition coefficient (Wildman–Crippen LogP) is 4.65. The maximum absolute atomic E-state index is 13.3. The van der Waals surface area contributed by atoms with Crippen molar-refractivity contribution in [1.29, 1.82) is 0 Å². The summed E-state index contributed by atoms with van der Waals surface area (Å²) in [4.78, 5) is 38.9. The molecule has 0 saturated heterocycles.